The maximum absolute atomic E-state index is 12.9. The largest absolute Gasteiger partial charge is 0.478 e. The van der Waals surface area contributed by atoms with Gasteiger partial charge in [-0.25, -0.2) is 4.79 Å². The zero-order chi connectivity index (χ0) is 25.3. The van der Waals surface area contributed by atoms with Gasteiger partial charge in [-0.15, -0.1) is 10.2 Å². The Hall–Kier alpha value is -4.72. The van der Waals surface area contributed by atoms with Crippen molar-refractivity contribution in [3.8, 4) is 22.4 Å². The average Bonchev–Trinajstić information content (AvgIpc) is 2.88. The van der Waals surface area contributed by atoms with Gasteiger partial charge in [-0.3, -0.25) is 0 Å². The number of carbonyl (C=O) groups is 1. The Balaban J connectivity index is 1.38. The summed E-state index contributed by atoms with van der Waals surface area (Å²) in [5.74, 6) is -0.655. The summed E-state index contributed by atoms with van der Waals surface area (Å²) in [5, 5.41) is 22.1. The topological polar surface area (TPSA) is 75.1 Å². The lowest BCUT2D eigenvalue weighted by atomic mass is 9.94. The van der Waals surface area contributed by atoms with Crippen molar-refractivity contribution in [2.75, 3.05) is 5.32 Å². The first-order chi connectivity index (χ1) is 17.3. The predicted octanol–water partition coefficient (Wildman–Crippen LogP) is 7.42. The Labute approximate surface area is 203 Å². The normalized spacial score (nSPS) is 11.4. The van der Waals surface area contributed by atoms with E-state index < -0.39 is 17.7 Å². The Kier molecular flexibility index (Phi) is 5.85. The molecule has 0 spiro atoms. The SMILES string of the molecule is O=C(O)c1ccc(-c2ccc(-c3ccc(Nc4cccc(C(F)(F)F)c4)nn3)cc2)c2ccccc12. The van der Waals surface area contributed by atoms with Crippen LogP contribution in [0.25, 0.3) is 33.2 Å². The minimum Gasteiger partial charge on any atom is -0.478 e. The fourth-order valence-electron chi connectivity index (χ4n) is 4.03. The fourth-order valence-corrected chi connectivity index (χ4v) is 4.03. The first-order valence-corrected chi connectivity index (χ1v) is 10.9. The Morgan fingerprint density at radius 2 is 1.47 bits per heavy atom. The number of rotatable bonds is 5. The molecular weight excluding hydrogens is 467 g/mol. The van der Waals surface area contributed by atoms with E-state index in [9.17, 15) is 23.1 Å². The molecule has 0 saturated heterocycles. The molecule has 0 aliphatic heterocycles. The number of aromatic carboxylic acids is 1. The lowest BCUT2D eigenvalue weighted by molar-refractivity contribution is -0.137. The molecule has 178 valence electrons. The van der Waals surface area contributed by atoms with Gasteiger partial charge in [0.2, 0.25) is 0 Å². The van der Waals surface area contributed by atoms with Crippen molar-refractivity contribution in [2.45, 2.75) is 6.18 Å². The van der Waals surface area contributed by atoms with E-state index in [1.165, 1.54) is 12.1 Å². The lowest BCUT2D eigenvalue weighted by Crippen LogP contribution is -2.05. The summed E-state index contributed by atoms with van der Waals surface area (Å²) >= 11 is 0. The molecule has 0 amide bonds. The van der Waals surface area contributed by atoms with Gasteiger partial charge in [0.25, 0.3) is 0 Å². The van der Waals surface area contributed by atoms with Crippen LogP contribution in [-0.4, -0.2) is 21.3 Å². The number of hydrogen-bond acceptors (Lipinski definition) is 4. The summed E-state index contributed by atoms with van der Waals surface area (Å²) in [6.07, 6.45) is -4.43. The summed E-state index contributed by atoms with van der Waals surface area (Å²) in [4.78, 5) is 11.6. The van der Waals surface area contributed by atoms with Crippen molar-refractivity contribution in [3.63, 3.8) is 0 Å². The van der Waals surface area contributed by atoms with Crippen LogP contribution in [0.2, 0.25) is 0 Å². The Bertz CT molecular complexity index is 1560. The molecule has 5 aromatic rings. The van der Waals surface area contributed by atoms with Crippen molar-refractivity contribution < 1.29 is 23.1 Å². The fraction of sp³-hybridized carbons (Fsp3) is 0.0357. The van der Waals surface area contributed by atoms with Crippen molar-refractivity contribution in [1.82, 2.24) is 10.2 Å². The molecule has 5 nitrogen and oxygen atoms in total. The molecule has 0 unspecified atom stereocenters. The third kappa shape index (κ3) is 4.61. The second kappa shape index (κ2) is 9.14. The van der Waals surface area contributed by atoms with Crippen LogP contribution in [0.15, 0.2) is 97.1 Å². The van der Waals surface area contributed by atoms with E-state index in [4.69, 9.17) is 0 Å². The molecule has 5 rings (SSSR count). The third-order valence-corrected chi connectivity index (χ3v) is 5.77. The van der Waals surface area contributed by atoms with Crippen LogP contribution >= 0.6 is 0 Å². The molecule has 0 aliphatic rings. The van der Waals surface area contributed by atoms with E-state index in [0.29, 0.717) is 16.9 Å². The van der Waals surface area contributed by atoms with Gasteiger partial charge in [0.1, 0.15) is 0 Å². The molecule has 0 fully saturated rings. The standard InChI is InChI=1S/C28H18F3N3O2/c29-28(30,31)19-4-3-5-20(16-19)32-26-15-14-25(33-34-26)18-10-8-17(9-11-18)21-12-13-24(27(35)36)23-7-2-1-6-22(21)23/h1-16H,(H,32,34)(H,35,36). The lowest BCUT2D eigenvalue weighted by Gasteiger charge is -2.11. The number of halogens is 3. The van der Waals surface area contributed by atoms with Gasteiger partial charge in [-0.1, -0.05) is 60.7 Å². The molecule has 8 heteroatoms. The number of anilines is 2. The van der Waals surface area contributed by atoms with Gasteiger partial charge in [0.05, 0.1) is 16.8 Å². The molecule has 0 bridgehead atoms. The highest BCUT2D eigenvalue weighted by Gasteiger charge is 2.30. The maximum atomic E-state index is 12.9. The van der Waals surface area contributed by atoms with Crippen molar-refractivity contribution in [3.05, 3.63) is 108 Å². The van der Waals surface area contributed by atoms with Crippen LogP contribution in [0.3, 0.4) is 0 Å². The average molecular weight is 485 g/mol. The molecule has 1 heterocycles. The highest BCUT2D eigenvalue weighted by molar-refractivity contribution is 6.08. The van der Waals surface area contributed by atoms with E-state index in [1.54, 1.807) is 30.3 Å². The molecule has 0 radical (unpaired) electrons. The summed E-state index contributed by atoms with van der Waals surface area (Å²) < 4.78 is 38.8. The van der Waals surface area contributed by atoms with E-state index in [0.717, 1.165) is 34.2 Å². The number of nitrogens with zero attached hydrogens (tertiary/aromatic N) is 2. The van der Waals surface area contributed by atoms with Gasteiger partial charge in [-0.05, 0) is 58.3 Å². The summed E-state index contributed by atoms with van der Waals surface area (Å²) in [6.45, 7) is 0. The zero-order valence-electron chi connectivity index (χ0n) is 18.6. The van der Waals surface area contributed by atoms with Crippen LogP contribution < -0.4 is 5.32 Å². The van der Waals surface area contributed by atoms with E-state index in [1.807, 2.05) is 42.5 Å². The van der Waals surface area contributed by atoms with E-state index in [2.05, 4.69) is 15.5 Å². The molecule has 2 N–H and O–H groups in total. The first kappa shape index (κ1) is 23.0. The minimum atomic E-state index is -4.43. The van der Waals surface area contributed by atoms with Crippen molar-refractivity contribution in [1.29, 1.82) is 0 Å². The number of carboxylic acid groups (broad SMARTS) is 1. The molecule has 36 heavy (non-hydrogen) atoms. The smallest absolute Gasteiger partial charge is 0.416 e. The number of nitrogens with one attached hydrogen (secondary N) is 1. The number of hydrogen-bond donors (Lipinski definition) is 2. The number of alkyl halides is 3. The quantitative estimate of drug-likeness (QED) is 0.271. The molecule has 0 aliphatic carbocycles. The van der Waals surface area contributed by atoms with E-state index in [-0.39, 0.29) is 11.3 Å². The van der Waals surface area contributed by atoms with Crippen molar-refractivity contribution in [2.24, 2.45) is 0 Å². The number of aromatic nitrogens is 2. The van der Waals surface area contributed by atoms with Crippen LogP contribution in [-0.2, 0) is 6.18 Å². The molecular formula is C28H18F3N3O2. The van der Waals surface area contributed by atoms with Gasteiger partial charge < -0.3 is 10.4 Å². The molecule has 4 aromatic carbocycles. The zero-order valence-corrected chi connectivity index (χ0v) is 18.6. The predicted molar refractivity (Wildman–Crippen MR) is 132 cm³/mol. The van der Waals surface area contributed by atoms with Crippen LogP contribution in [0, 0.1) is 0 Å². The van der Waals surface area contributed by atoms with Crippen LogP contribution in [0.1, 0.15) is 15.9 Å². The van der Waals surface area contributed by atoms with Crippen molar-refractivity contribution >= 4 is 28.2 Å². The summed E-state index contributed by atoms with van der Waals surface area (Å²) in [6, 6.07) is 26.7. The monoisotopic (exact) mass is 485 g/mol. The Morgan fingerprint density at radius 3 is 2.14 bits per heavy atom. The number of benzene rings is 4. The third-order valence-electron chi connectivity index (χ3n) is 5.77. The minimum absolute atomic E-state index is 0.250. The number of carboxylic acids is 1. The summed E-state index contributed by atoms with van der Waals surface area (Å²) in [7, 11) is 0. The maximum Gasteiger partial charge on any atom is 0.416 e. The van der Waals surface area contributed by atoms with Crippen LogP contribution in [0.5, 0.6) is 0 Å². The second-order valence-electron chi connectivity index (χ2n) is 8.10. The van der Waals surface area contributed by atoms with Gasteiger partial charge in [0.15, 0.2) is 5.82 Å². The van der Waals surface area contributed by atoms with Gasteiger partial charge in [0, 0.05) is 11.3 Å². The molecule has 0 atom stereocenters. The van der Waals surface area contributed by atoms with Crippen LogP contribution in [0.4, 0.5) is 24.7 Å². The first-order valence-electron chi connectivity index (χ1n) is 10.9. The highest BCUT2D eigenvalue weighted by Crippen LogP contribution is 2.33. The summed E-state index contributed by atoms with van der Waals surface area (Å²) in [5.41, 5.74) is 3.00. The van der Waals surface area contributed by atoms with Gasteiger partial charge >= 0.3 is 12.1 Å². The molecule has 0 saturated carbocycles. The van der Waals surface area contributed by atoms with E-state index >= 15 is 0 Å². The highest BCUT2D eigenvalue weighted by atomic mass is 19.4. The van der Waals surface area contributed by atoms with Gasteiger partial charge in [-0.2, -0.15) is 13.2 Å². The number of fused-ring (bicyclic) bond motifs is 1. The Morgan fingerprint density at radius 1 is 0.750 bits per heavy atom. The second-order valence-corrected chi connectivity index (χ2v) is 8.10. The molecule has 1 aromatic heterocycles.